The third-order valence-electron chi connectivity index (χ3n) is 2.23. The Morgan fingerprint density at radius 3 is 2.88 bits per heavy atom. The van der Waals surface area contributed by atoms with Gasteiger partial charge < -0.3 is 15.6 Å². The molecule has 1 heterocycles. The van der Waals surface area contributed by atoms with Crippen LogP contribution in [0.25, 0.3) is 0 Å². The van der Waals surface area contributed by atoms with E-state index in [2.05, 4.69) is 10.5 Å². The third-order valence-corrected chi connectivity index (χ3v) is 3.06. The largest absolute Gasteiger partial charge is 0.397 e. The van der Waals surface area contributed by atoms with E-state index < -0.39 is 0 Å². The van der Waals surface area contributed by atoms with Crippen LogP contribution in [0.15, 0.2) is 22.7 Å². The van der Waals surface area contributed by atoms with Gasteiger partial charge in [-0.2, -0.15) is 0 Å². The van der Waals surface area contributed by atoms with Crippen molar-refractivity contribution in [3.63, 3.8) is 0 Å². The van der Waals surface area contributed by atoms with Crippen LogP contribution in [-0.4, -0.2) is 5.16 Å². The summed E-state index contributed by atoms with van der Waals surface area (Å²) in [4.78, 5) is 0. The zero-order chi connectivity index (χ0) is 12.4. The van der Waals surface area contributed by atoms with Gasteiger partial charge in [-0.25, -0.2) is 4.39 Å². The van der Waals surface area contributed by atoms with Gasteiger partial charge in [0.15, 0.2) is 0 Å². The summed E-state index contributed by atoms with van der Waals surface area (Å²) in [5.41, 5.74) is 7.60. The van der Waals surface area contributed by atoms with Crippen molar-refractivity contribution >= 4 is 34.0 Å². The van der Waals surface area contributed by atoms with Gasteiger partial charge in [0.2, 0.25) is 0 Å². The van der Waals surface area contributed by atoms with Gasteiger partial charge in [0.25, 0.3) is 0 Å². The molecule has 2 aromatic rings. The highest BCUT2D eigenvalue weighted by atomic mass is 127. The maximum atomic E-state index is 13.4. The van der Waals surface area contributed by atoms with Crippen LogP contribution in [0.4, 0.5) is 15.8 Å². The van der Waals surface area contributed by atoms with Gasteiger partial charge in [0.05, 0.1) is 21.5 Å². The molecule has 0 radical (unpaired) electrons. The summed E-state index contributed by atoms with van der Waals surface area (Å²) in [7, 11) is 0. The SMILES string of the molecule is Cc1cc(CNc2cc(F)c(I)cc2N)no1. The summed E-state index contributed by atoms with van der Waals surface area (Å²) in [5, 5.41) is 6.85. The number of hydrogen-bond donors (Lipinski definition) is 2. The molecule has 0 spiro atoms. The Hall–Kier alpha value is -1.31. The van der Waals surface area contributed by atoms with Gasteiger partial charge in [-0.1, -0.05) is 5.16 Å². The van der Waals surface area contributed by atoms with Crippen molar-refractivity contribution in [1.29, 1.82) is 0 Å². The van der Waals surface area contributed by atoms with E-state index >= 15 is 0 Å². The minimum atomic E-state index is -0.293. The Morgan fingerprint density at radius 2 is 2.24 bits per heavy atom. The molecular formula is C11H11FIN3O. The number of nitrogens with one attached hydrogen (secondary N) is 1. The molecule has 3 N–H and O–H groups in total. The van der Waals surface area contributed by atoms with Gasteiger partial charge in [0, 0.05) is 12.1 Å². The summed E-state index contributed by atoms with van der Waals surface area (Å²) in [6.45, 7) is 2.26. The lowest BCUT2D eigenvalue weighted by Crippen LogP contribution is -2.04. The maximum absolute atomic E-state index is 13.4. The van der Waals surface area contributed by atoms with E-state index in [0.29, 0.717) is 21.5 Å². The van der Waals surface area contributed by atoms with Crippen molar-refractivity contribution in [2.75, 3.05) is 11.1 Å². The monoisotopic (exact) mass is 347 g/mol. The maximum Gasteiger partial charge on any atom is 0.138 e. The van der Waals surface area contributed by atoms with E-state index in [9.17, 15) is 4.39 Å². The molecule has 0 saturated carbocycles. The second kappa shape index (κ2) is 4.91. The van der Waals surface area contributed by atoms with E-state index in [1.165, 1.54) is 6.07 Å². The fourth-order valence-electron chi connectivity index (χ4n) is 1.40. The number of benzene rings is 1. The van der Waals surface area contributed by atoms with Crippen LogP contribution >= 0.6 is 22.6 Å². The van der Waals surface area contributed by atoms with E-state index in [4.69, 9.17) is 10.3 Å². The molecular weight excluding hydrogens is 336 g/mol. The highest BCUT2D eigenvalue weighted by Gasteiger charge is 2.06. The van der Waals surface area contributed by atoms with Gasteiger partial charge in [-0.3, -0.25) is 0 Å². The lowest BCUT2D eigenvalue weighted by atomic mass is 10.2. The van der Waals surface area contributed by atoms with Crippen LogP contribution in [0.3, 0.4) is 0 Å². The normalized spacial score (nSPS) is 10.5. The molecule has 0 fully saturated rings. The Morgan fingerprint density at radius 1 is 1.47 bits per heavy atom. The number of hydrogen-bond acceptors (Lipinski definition) is 4. The number of rotatable bonds is 3. The first kappa shape index (κ1) is 12.2. The smallest absolute Gasteiger partial charge is 0.138 e. The molecule has 17 heavy (non-hydrogen) atoms. The van der Waals surface area contributed by atoms with E-state index in [1.54, 1.807) is 6.07 Å². The fraction of sp³-hybridized carbons (Fsp3) is 0.182. The van der Waals surface area contributed by atoms with Crippen molar-refractivity contribution in [1.82, 2.24) is 5.16 Å². The Labute approximate surface area is 112 Å². The number of halogens is 2. The zero-order valence-electron chi connectivity index (χ0n) is 9.13. The molecule has 1 aromatic carbocycles. The number of anilines is 2. The highest BCUT2D eigenvalue weighted by molar-refractivity contribution is 14.1. The van der Waals surface area contributed by atoms with Crippen LogP contribution in [-0.2, 0) is 6.54 Å². The molecule has 0 bridgehead atoms. The molecule has 4 nitrogen and oxygen atoms in total. The van der Waals surface area contributed by atoms with E-state index in [0.717, 1.165) is 11.5 Å². The second-order valence-electron chi connectivity index (χ2n) is 3.64. The standard InChI is InChI=1S/C11H11FIN3O/c1-6-2-7(16-17-6)5-15-11-3-8(12)9(13)4-10(11)14/h2-4,15H,5,14H2,1H3. The number of nitrogen functional groups attached to an aromatic ring is 1. The lowest BCUT2D eigenvalue weighted by molar-refractivity contribution is 0.391. The number of aromatic nitrogens is 1. The van der Waals surface area contributed by atoms with Crippen molar-refractivity contribution in [3.8, 4) is 0 Å². The molecule has 2 rings (SSSR count). The molecule has 0 aliphatic heterocycles. The quantitative estimate of drug-likeness (QED) is 0.662. The summed E-state index contributed by atoms with van der Waals surface area (Å²) in [6.07, 6.45) is 0. The number of nitrogens with two attached hydrogens (primary N) is 1. The van der Waals surface area contributed by atoms with Crippen LogP contribution in [0.2, 0.25) is 0 Å². The Kier molecular flexibility index (Phi) is 3.51. The molecule has 90 valence electrons. The molecule has 0 atom stereocenters. The molecule has 0 amide bonds. The first-order valence-electron chi connectivity index (χ1n) is 4.97. The zero-order valence-corrected chi connectivity index (χ0v) is 11.3. The molecule has 6 heteroatoms. The first-order chi connectivity index (χ1) is 8.06. The summed E-state index contributed by atoms with van der Waals surface area (Å²) < 4.78 is 18.8. The van der Waals surface area contributed by atoms with Crippen LogP contribution in [0.1, 0.15) is 11.5 Å². The van der Waals surface area contributed by atoms with Crippen molar-refractivity contribution < 1.29 is 8.91 Å². The third kappa shape index (κ3) is 2.87. The average molecular weight is 347 g/mol. The van der Waals surface area contributed by atoms with Gasteiger partial charge in [-0.05, 0) is 35.6 Å². The topological polar surface area (TPSA) is 64.1 Å². The van der Waals surface area contributed by atoms with Crippen LogP contribution < -0.4 is 11.1 Å². The summed E-state index contributed by atoms with van der Waals surface area (Å²) >= 11 is 1.90. The number of aryl methyl sites for hydroxylation is 1. The molecule has 0 aliphatic carbocycles. The van der Waals surface area contributed by atoms with Crippen LogP contribution in [0.5, 0.6) is 0 Å². The van der Waals surface area contributed by atoms with Gasteiger partial charge >= 0.3 is 0 Å². The first-order valence-corrected chi connectivity index (χ1v) is 6.04. The minimum absolute atomic E-state index is 0.293. The lowest BCUT2D eigenvalue weighted by Gasteiger charge is -2.08. The van der Waals surface area contributed by atoms with E-state index in [-0.39, 0.29) is 5.82 Å². The predicted molar refractivity (Wildman–Crippen MR) is 72.1 cm³/mol. The second-order valence-corrected chi connectivity index (χ2v) is 4.80. The Bertz CT molecular complexity index is 542. The molecule has 1 aromatic heterocycles. The van der Waals surface area contributed by atoms with Crippen molar-refractivity contribution in [2.24, 2.45) is 0 Å². The van der Waals surface area contributed by atoms with Crippen LogP contribution in [0, 0.1) is 16.3 Å². The fourth-order valence-corrected chi connectivity index (χ4v) is 1.89. The summed E-state index contributed by atoms with van der Waals surface area (Å²) in [5.74, 6) is 0.446. The minimum Gasteiger partial charge on any atom is -0.397 e. The van der Waals surface area contributed by atoms with E-state index in [1.807, 2.05) is 35.6 Å². The highest BCUT2D eigenvalue weighted by Crippen LogP contribution is 2.24. The summed E-state index contributed by atoms with van der Waals surface area (Å²) in [6, 6.07) is 4.78. The molecule has 0 unspecified atom stereocenters. The molecule has 0 aliphatic rings. The predicted octanol–water partition coefficient (Wildman–Crippen LogP) is 2.92. The van der Waals surface area contributed by atoms with Gasteiger partial charge in [-0.15, -0.1) is 0 Å². The van der Waals surface area contributed by atoms with Crippen molar-refractivity contribution in [2.45, 2.75) is 13.5 Å². The molecule has 0 saturated heterocycles. The number of nitrogens with zero attached hydrogens (tertiary/aromatic N) is 1. The van der Waals surface area contributed by atoms with Gasteiger partial charge in [0.1, 0.15) is 17.3 Å². The average Bonchev–Trinajstić information content (AvgIpc) is 2.68. The Balaban J connectivity index is 2.11. The van der Waals surface area contributed by atoms with Crippen molar-refractivity contribution in [3.05, 3.63) is 39.0 Å².